The van der Waals surface area contributed by atoms with Crippen LogP contribution in [0.3, 0.4) is 0 Å². The molecule has 0 unspecified atom stereocenters. The van der Waals surface area contributed by atoms with E-state index in [0.717, 1.165) is 33.7 Å². The summed E-state index contributed by atoms with van der Waals surface area (Å²) in [5, 5.41) is 4.82. The van der Waals surface area contributed by atoms with Crippen molar-refractivity contribution in [1.29, 1.82) is 0 Å². The van der Waals surface area contributed by atoms with Crippen molar-refractivity contribution < 1.29 is 19.1 Å². The maximum atomic E-state index is 13.4. The topological polar surface area (TPSA) is 82.2 Å². The monoisotopic (exact) mass is 486 g/mol. The van der Waals surface area contributed by atoms with Gasteiger partial charge in [0.05, 0.1) is 18.8 Å². The van der Waals surface area contributed by atoms with E-state index in [9.17, 15) is 14.4 Å². The number of anilines is 1. The number of para-hydroxylation sites is 2. The van der Waals surface area contributed by atoms with E-state index in [2.05, 4.69) is 17.1 Å². The number of hydrogen-bond donors (Lipinski definition) is 1. The fourth-order valence-corrected chi connectivity index (χ4v) is 4.97. The Hall–Kier alpha value is -4.07. The molecule has 5 rings (SSSR count). The Morgan fingerprint density at radius 3 is 2.58 bits per heavy atom. The number of amides is 4. The fraction of sp³-hybridized carbons (Fsp3) is 0.321. The molecular formula is C28H30N4O4. The first-order valence-corrected chi connectivity index (χ1v) is 12.2. The molecule has 2 aliphatic rings. The van der Waals surface area contributed by atoms with Gasteiger partial charge in [-0.15, -0.1) is 0 Å². The van der Waals surface area contributed by atoms with Crippen molar-refractivity contribution in [3.63, 3.8) is 0 Å². The number of nitrogens with one attached hydrogen (secondary N) is 1. The number of hydrogen-bond acceptors (Lipinski definition) is 5. The molecule has 1 fully saturated rings. The van der Waals surface area contributed by atoms with Crippen LogP contribution in [0, 0.1) is 0 Å². The molecule has 1 saturated heterocycles. The zero-order valence-corrected chi connectivity index (χ0v) is 20.7. The lowest BCUT2D eigenvalue weighted by atomic mass is 9.90. The van der Waals surface area contributed by atoms with Gasteiger partial charge in [-0.25, -0.2) is 4.79 Å². The van der Waals surface area contributed by atoms with Crippen LogP contribution in [-0.2, 0) is 15.1 Å². The average Bonchev–Trinajstić information content (AvgIpc) is 3.11. The summed E-state index contributed by atoms with van der Waals surface area (Å²) in [6.07, 6.45) is -0.222. The van der Waals surface area contributed by atoms with Gasteiger partial charge >= 0.3 is 6.03 Å². The Labute approximate surface area is 210 Å². The molecule has 1 N–H and O–H groups in total. The van der Waals surface area contributed by atoms with Gasteiger partial charge in [-0.05, 0) is 48.4 Å². The van der Waals surface area contributed by atoms with Crippen molar-refractivity contribution in [1.82, 2.24) is 15.1 Å². The van der Waals surface area contributed by atoms with E-state index >= 15 is 0 Å². The molecule has 2 atom stereocenters. The summed E-state index contributed by atoms with van der Waals surface area (Å²) in [6, 6.07) is 20.8. The van der Waals surface area contributed by atoms with Gasteiger partial charge in [0.1, 0.15) is 23.9 Å². The van der Waals surface area contributed by atoms with Crippen LogP contribution in [0.4, 0.5) is 10.5 Å². The molecule has 8 nitrogen and oxygen atoms in total. The molecular weight excluding hydrogens is 456 g/mol. The summed E-state index contributed by atoms with van der Waals surface area (Å²) in [6.45, 7) is 5.25. The molecule has 8 heteroatoms. The predicted octanol–water partition coefficient (Wildman–Crippen LogP) is 3.35. The number of imide groups is 1. The lowest BCUT2D eigenvalue weighted by molar-refractivity contribution is -0.138. The Balaban J connectivity index is 1.27. The summed E-state index contributed by atoms with van der Waals surface area (Å²) >= 11 is 0. The highest BCUT2D eigenvalue weighted by Gasteiger charge is 2.49. The third kappa shape index (κ3) is 4.12. The number of likely N-dealkylation sites (N-methyl/N-ethyl adjacent to an activating group) is 2. The molecule has 36 heavy (non-hydrogen) atoms. The first-order chi connectivity index (χ1) is 17.3. The molecule has 0 saturated carbocycles. The van der Waals surface area contributed by atoms with Gasteiger partial charge in [0.2, 0.25) is 5.91 Å². The van der Waals surface area contributed by atoms with E-state index in [4.69, 9.17) is 4.74 Å². The van der Waals surface area contributed by atoms with Gasteiger partial charge in [0.25, 0.3) is 5.91 Å². The van der Waals surface area contributed by atoms with Crippen LogP contribution in [-0.4, -0.2) is 67.0 Å². The van der Waals surface area contributed by atoms with E-state index in [0.29, 0.717) is 18.7 Å². The summed E-state index contributed by atoms with van der Waals surface area (Å²) < 4.78 is 6.13. The van der Waals surface area contributed by atoms with Crippen molar-refractivity contribution in [2.24, 2.45) is 0 Å². The molecule has 3 aromatic rings. The number of carbonyl (C=O) groups excluding carboxylic acids is 3. The molecule has 3 aromatic carbocycles. The van der Waals surface area contributed by atoms with Crippen LogP contribution >= 0.6 is 0 Å². The number of rotatable bonds is 6. The number of carbonyl (C=O) groups is 3. The van der Waals surface area contributed by atoms with Crippen molar-refractivity contribution in [2.75, 3.05) is 38.1 Å². The molecule has 0 aliphatic carbocycles. The quantitative estimate of drug-likeness (QED) is 0.541. The first-order valence-electron chi connectivity index (χ1n) is 12.2. The van der Waals surface area contributed by atoms with Gasteiger partial charge in [0.15, 0.2) is 0 Å². The molecule has 2 heterocycles. The van der Waals surface area contributed by atoms with Gasteiger partial charge in [-0.1, -0.05) is 48.5 Å². The van der Waals surface area contributed by atoms with Gasteiger partial charge in [0, 0.05) is 13.6 Å². The molecule has 0 spiro atoms. The fourth-order valence-electron chi connectivity index (χ4n) is 4.97. The predicted molar refractivity (Wildman–Crippen MR) is 138 cm³/mol. The normalized spacial score (nSPS) is 21.2. The Bertz CT molecular complexity index is 1340. The van der Waals surface area contributed by atoms with Crippen LogP contribution in [0.2, 0.25) is 0 Å². The zero-order valence-electron chi connectivity index (χ0n) is 20.7. The maximum Gasteiger partial charge on any atom is 0.325 e. The number of nitrogens with zero attached hydrogens (tertiary/aromatic N) is 3. The minimum absolute atomic E-state index is 0.222. The van der Waals surface area contributed by atoms with Crippen molar-refractivity contribution in [2.45, 2.75) is 25.5 Å². The van der Waals surface area contributed by atoms with Gasteiger partial charge < -0.3 is 19.9 Å². The molecule has 2 aliphatic heterocycles. The van der Waals surface area contributed by atoms with Crippen LogP contribution in [0.1, 0.15) is 19.4 Å². The number of fused-ring (bicyclic) bond motifs is 2. The molecule has 0 radical (unpaired) electrons. The summed E-state index contributed by atoms with van der Waals surface area (Å²) in [7, 11) is 1.67. The smallest absolute Gasteiger partial charge is 0.325 e. The lowest BCUT2D eigenvalue weighted by Gasteiger charge is -2.37. The highest BCUT2D eigenvalue weighted by atomic mass is 16.5. The van der Waals surface area contributed by atoms with Crippen molar-refractivity contribution in [3.05, 3.63) is 72.3 Å². The lowest BCUT2D eigenvalue weighted by Crippen LogP contribution is -2.49. The van der Waals surface area contributed by atoms with Crippen LogP contribution < -0.4 is 15.0 Å². The minimum atomic E-state index is -1.24. The summed E-state index contributed by atoms with van der Waals surface area (Å²) in [4.78, 5) is 44.0. The Kier molecular flexibility index (Phi) is 6.04. The van der Waals surface area contributed by atoms with E-state index in [-0.39, 0.29) is 18.6 Å². The van der Waals surface area contributed by atoms with Gasteiger partial charge in [-0.3, -0.25) is 14.5 Å². The van der Waals surface area contributed by atoms with E-state index in [1.54, 1.807) is 14.0 Å². The standard InChI is InChI=1S/C28H30N4O4/c1-4-31-17-22(36-24-12-8-7-11-23(24)31)16-30(3)25(33)18-32-26(34)28(2,29-27(32)35)21-14-13-19-9-5-6-10-20(19)15-21/h5-15,22H,4,16-18H2,1-3H3,(H,29,35)/t22-,28+/m1/s1. The molecule has 4 amide bonds. The van der Waals surface area contributed by atoms with Crippen molar-refractivity contribution >= 4 is 34.3 Å². The second kappa shape index (κ2) is 9.18. The number of ether oxygens (including phenoxy) is 1. The number of urea groups is 1. The van der Waals surface area contributed by atoms with E-state index in [1.165, 1.54) is 4.90 Å². The van der Waals surface area contributed by atoms with E-state index in [1.807, 2.05) is 66.7 Å². The highest BCUT2D eigenvalue weighted by molar-refractivity contribution is 6.09. The largest absolute Gasteiger partial charge is 0.485 e. The molecule has 0 aromatic heterocycles. The molecule has 186 valence electrons. The maximum absolute atomic E-state index is 13.4. The van der Waals surface area contributed by atoms with Crippen LogP contribution in [0.5, 0.6) is 5.75 Å². The molecule has 0 bridgehead atoms. The van der Waals surface area contributed by atoms with Crippen LogP contribution in [0.15, 0.2) is 66.7 Å². The third-order valence-electron chi connectivity index (χ3n) is 7.10. The first kappa shape index (κ1) is 23.7. The third-order valence-corrected chi connectivity index (χ3v) is 7.10. The van der Waals surface area contributed by atoms with Crippen LogP contribution in [0.25, 0.3) is 10.8 Å². The zero-order chi connectivity index (χ0) is 25.4. The highest BCUT2D eigenvalue weighted by Crippen LogP contribution is 2.33. The minimum Gasteiger partial charge on any atom is -0.485 e. The van der Waals surface area contributed by atoms with Gasteiger partial charge in [-0.2, -0.15) is 0 Å². The Morgan fingerprint density at radius 1 is 1.08 bits per heavy atom. The van der Waals surface area contributed by atoms with E-state index < -0.39 is 17.5 Å². The summed E-state index contributed by atoms with van der Waals surface area (Å²) in [5.41, 5.74) is 0.479. The summed E-state index contributed by atoms with van der Waals surface area (Å²) in [5.74, 6) is 0.0213. The van der Waals surface area contributed by atoms with Crippen molar-refractivity contribution in [3.8, 4) is 5.75 Å². The number of benzene rings is 3. The second-order valence-electron chi connectivity index (χ2n) is 9.53. The second-order valence-corrected chi connectivity index (χ2v) is 9.53. The average molecular weight is 487 g/mol. The SMILES string of the molecule is CCN1C[C@@H](CN(C)C(=O)CN2C(=O)N[C@@](C)(c3ccc4ccccc4c3)C2=O)Oc2ccccc21. The Morgan fingerprint density at radius 2 is 1.81 bits per heavy atom.